The number of nitrogens with one attached hydrogen (secondary N) is 2. The van der Waals surface area contributed by atoms with Crippen LogP contribution in [0.2, 0.25) is 0 Å². The Morgan fingerprint density at radius 2 is 1.86 bits per heavy atom. The topological polar surface area (TPSA) is 102 Å². The largest absolute Gasteiger partial charge is 0.493 e. The third-order valence-corrected chi connectivity index (χ3v) is 4.74. The number of tetrazole rings is 1. The van der Waals surface area contributed by atoms with Gasteiger partial charge in [-0.3, -0.25) is 4.79 Å². The fourth-order valence-electron chi connectivity index (χ4n) is 3.13. The number of aromatic amines is 1. The van der Waals surface area contributed by atoms with Gasteiger partial charge in [-0.1, -0.05) is 43.3 Å². The van der Waals surface area contributed by atoms with Crippen LogP contribution in [0.3, 0.4) is 0 Å². The smallest absolute Gasteiger partial charge is 0.235 e. The van der Waals surface area contributed by atoms with Gasteiger partial charge in [-0.15, -0.1) is 10.2 Å². The number of rotatable bonds is 8. The lowest BCUT2D eigenvalue weighted by Gasteiger charge is -2.17. The molecule has 8 heteroatoms. The van der Waals surface area contributed by atoms with Crippen LogP contribution < -0.4 is 14.8 Å². The van der Waals surface area contributed by atoms with Crippen LogP contribution in [0.1, 0.15) is 42.6 Å². The molecule has 1 unspecified atom stereocenters. The van der Waals surface area contributed by atoms with Crippen molar-refractivity contribution in [1.82, 2.24) is 20.6 Å². The molecule has 0 fully saturated rings. The Morgan fingerprint density at radius 3 is 2.45 bits per heavy atom. The number of hydrogen-bond donors (Lipinski definition) is 2. The van der Waals surface area contributed by atoms with Gasteiger partial charge in [0, 0.05) is 5.69 Å². The number of methoxy groups -OCH3 is 2. The molecule has 0 radical (unpaired) electrons. The van der Waals surface area contributed by atoms with Crippen molar-refractivity contribution in [3.63, 3.8) is 0 Å². The molecule has 2 aromatic carbocycles. The van der Waals surface area contributed by atoms with E-state index in [1.807, 2.05) is 42.5 Å². The number of amides is 1. The Morgan fingerprint density at radius 1 is 1.10 bits per heavy atom. The molecule has 29 heavy (non-hydrogen) atoms. The molecule has 0 aliphatic heterocycles. The summed E-state index contributed by atoms with van der Waals surface area (Å²) in [6.45, 7) is 4.25. The number of carbonyl (C=O) groups is 1. The molecule has 1 atom stereocenters. The predicted octanol–water partition coefficient (Wildman–Crippen LogP) is 3.31. The standard InChI is InChI=1S/C21H25N5O3/c1-13(2)14-8-10-16(11-9-14)22-21(27)17(20-23-25-26-24-20)12-15-6-5-7-18(28-3)19(15)29-4/h5-11,13,17H,12H2,1-4H3,(H,22,27)(H,23,24,25,26). The lowest BCUT2D eigenvalue weighted by molar-refractivity contribution is -0.117. The summed E-state index contributed by atoms with van der Waals surface area (Å²) in [4.78, 5) is 13.1. The molecule has 0 aliphatic carbocycles. The Hall–Kier alpha value is -3.42. The van der Waals surface area contributed by atoms with Crippen molar-refractivity contribution in [3.8, 4) is 11.5 Å². The van der Waals surface area contributed by atoms with Crippen LogP contribution in [0, 0.1) is 0 Å². The predicted molar refractivity (Wildman–Crippen MR) is 109 cm³/mol. The van der Waals surface area contributed by atoms with Crippen molar-refractivity contribution in [2.24, 2.45) is 0 Å². The highest BCUT2D eigenvalue weighted by Gasteiger charge is 2.27. The molecule has 2 N–H and O–H groups in total. The van der Waals surface area contributed by atoms with Crippen molar-refractivity contribution >= 4 is 11.6 Å². The van der Waals surface area contributed by atoms with E-state index in [-0.39, 0.29) is 5.91 Å². The summed E-state index contributed by atoms with van der Waals surface area (Å²) >= 11 is 0. The van der Waals surface area contributed by atoms with Gasteiger partial charge in [0.25, 0.3) is 0 Å². The summed E-state index contributed by atoms with van der Waals surface area (Å²) in [5, 5.41) is 17.0. The summed E-state index contributed by atoms with van der Waals surface area (Å²) in [7, 11) is 3.15. The quantitative estimate of drug-likeness (QED) is 0.607. The van der Waals surface area contributed by atoms with Crippen molar-refractivity contribution in [1.29, 1.82) is 0 Å². The van der Waals surface area contributed by atoms with E-state index in [9.17, 15) is 4.79 Å². The molecule has 152 valence electrons. The van der Waals surface area contributed by atoms with Crippen LogP contribution in [0.4, 0.5) is 5.69 Å². The molecule has 0 spiro atoms. The molecular weight excluding hydrogens is 370 g/mol. The number of ether oxygens (including phenoxy) is 2. The van der Waals surface area contributed by atoms with Crippen molar-refractivity contribution in [2.45, 2.75) is 32.1 Å². The normalized spacial score (nSPS) is 11.9. The zero-order valence-electron chi connectivity index (χ0n) is 17.0. The number of anilines is 1. The summed E-state index contributed by atoms with van der Waals surface area (Å²) in [5.41, 5.74) is 2.73. The monoisotopic (exact) mass is 395 g/mol. The molecule has 3 rings (SSSR count). The molecule has 8 nitrogen and oxygen atoms in total. The second kappa shape index (κ2) is 9.18. The fraction of sp³-hybridized carbons (Fsp3) is 0.333. The highest BCUT2D eigenvalue weighted by Crippen LogP contribution is 2.34. The maximum atomic E-state index is 13.1. The molecule has 0 saturated heterocycles. The number of carbonyl (C=O) groups excluding carboxylic acids is 1. The minimum Gasteiger partial charge on any atom is -0.493 e. The van der Waals surface area contributed by atoms with E-state index in [2.05, 4.69) is 39.8 Å². The van der Waals surface area contributed by atoms with Gasteiger partial charge < -0.3 is 14.8 Å². The molecule has 0 aliphatic rings. The number of aromatic nitrogens is 4. The second-order valence-electron chi connectivity index (χ2n) is 6.95. The Balaban J connectivity index is 1.86. The molecule has 0 bridgehead atoms. The summed E-state index contributed by atoms with van der Waals surface area (Å²) in [6, 6.07) is 13.4. The van der Waals surface area contributed by atoms with E-state index in [4.69, 9.17) is 9.47 Å². The van der Waals surface area contributed by atoms with Gasteiger partial charge in [0.05, 0.1) is 14.2 Å². The van der Waals surface area contributed by atoms with Crippen LogP contribution >= 0.6 is 0 Å². The van der Waals surface area contributed by atoms with Crippen LogP contribution in [-0.2, 0) is 11.2 Å². The van der Waals surface area contributed by atoms with E-state index >= 15 is 0 Å². The van der Waals surface area contributed by atoms with Crippen molar-refractivity contribution in [2.75, 3.05) is 19.5 Å². The fourth-order valence-corrected chi connectivity index (χ4v) is 3.13. The second-order valence-corrected chi connectivity index (χ2v) is 6.95. The Kier molecular flexibility index (Phi) is 6.43. The molecule has 3 aromatic rings. The summed E-state index contributed by atoms with van der Waals surface area (Å²) < 4.78 is 10.9. The van der Waals surface area contributed by atoms with Gasteiger partial charge in [-0.2, -0.15) is 5.21 Å². The van der Waals surface area contributed by atoms with Crippen LogP contribution in [0.5, 0.6) is 11.5 Å². The van der Waals surface area contributed by atoms with Crippen LogP contribution in [0.25, 0.3) is 0 Å². The first kappa shape index (κ1) is 20.3. The molecular formula is C21H25N5O3. The molecule has 0 saturated carbocycles. The highest BCUT2D eigenvalue weighted by molar-refractivity contribution is 5.95. The number of nitrogens with zero attached hydrogens (tertiary/aromatic N) is 3. The van der Waals surface area contributed by atoms with Crippen molar-refractivity contribution in [3.05, 3.63) is 59.4 Å². The van der Waals surface area contributed by atoms with Gasteiger partial charge in [0.1, 0.15) is 5.92 Å². The van der Waals surface area contributed by atoms with Gasteiger partial charge in [0.2, 0.25) is 5.91 Å². The van der Waals surface area contributed by atoms with Gasteiger partial charge in [-0.25, -0.2) is 0 Å². The first-order chi connectivity index (χ1) is 14.0. The molecule has 1 amide bonds. The highest BCUT2D eigenvalue weighted by atomic mass is 16.5. The third kappa shape index (κ3) is 4.71. The maximum absolute atomic E-state index is 13.1. The minimum atomic E-state index is -0.653. The maximum Gasteiger partial charge on any atom is 0.235 e. The first-order valence-electron chi connectivity index (χ1n) is 9.37. The lowest BCUT2D eigenvalue weighted by atomic mass is 9.96. The SMILES string of the molecule is COc1cccc(CC(C(=O)Nc2ccc(C(C)C)cc2)c2nn[nH]n2)c1OC. The number of para-hydroxylation sites is 1. The van der Waals surface area contributed by atoms with E-state index in [1.54, 1.807) is 14.2 Å². The average Bonchev–Trinajstić information content (AvgIpc) is 3.26. The summed E-state index contributed by atoms with van der Waals surface area (Å²) in [5.74, 6) is 1.03. The zero-order valence-corrected chi connectivity index (χ0v) is 17.0. The number of H-pyrrole nitrogens is 1. The van der Waals surface area contributed by atoms with E-state index in [1.165, 1.54) is 5.56 Å². The first-order valence-corrected chi connectivity index (χ1v) is 9.37. The van der Waals surface area contributed by atoms with Crippen molar-refractivity contribution < 1.29 is 14.3 Å². The minimum absolute atomic E-state index is 0.228. The Labute approximate surface area is 169 Å². The Bertz CT molecular complexity index is 939. The zero-order chi connectivity index (χ0) is 20.8. The van der Waals surface area contributed by atoms with Crippen LogP contribution in [0.15, 0.2) is 42.5 Å². The van der Waals surface area contributed by atoms with E-state index < -0.39 is 5.92 Å². The van der Waals surface area contributed by atoms with E-state index in [0.29, 0.717) is 35.3 Å². The molecule has 1 aromatic heterocycles. The van der Waals surface area contributed by atoms with Gasteiger partial charge >= 0.3 is 0 Å². The van der Waals surface area contributed by atoms with Gasteiger partial charge in [-0.05, 0) is 41.7 Å². The number of benzene rings is 2. The van der Waals surface area contributed by atoms with Gasteiger partial charge in [0.15, 0.2) is 17.3 Å². The lowest BCUT2D eigenvalue weighted by Crippen LogP contribution is -2.24. The van der Waals surface area contributed by atoms with E-state index in [0.717, 1.165) is 5.56 Å². The third-order valence-electron chi connectivity index (χ3n) is 4.74. The van der Waals surface area contributed by atoms with Crippen LogP contribution in [-0.4, -0.2) is 40.8 Å². The molecule has 1 heterocycles. The number of hydrogen-bond acceptors (Lipinski definition) is 6. The average molecular weight is 395 g/mol. The summed E-state index contributed by atoms with van der Waals surface area (Å²) in [6.07, 6.45) is 0.329.